The van der Waals surface area contributed by atoms with Crippen molar-refractivity contribution in [3.8, 4) is 0 Å². The van der Waals surface area contributed by atoms with Gasteiger partial charge in [-0.05, 0) is 45.0 Å². The fourth-order valence-corrected chi connectivity index (χ4v) is 3.17. The van der Waals surface area contributed by atoms with E-state index in [0.29, 0.717) is 17.8 Å². The van der Waals surface area contributed by atoms with E-state index in [1.54, 1.807) is 29.2 Å². The predicted molar refractivity (Wildman–Crippen MR) is 109 cm³/mol. The Kier molecular flexibility index (Phi) is 5.49. The maximum atomic E-state index is 12.8. The quantitative estimate of drug-likeness (QED) is 0.856. The van der Waals surface area contributed by atoms with Crippen LogP contribution in [0.15, 0.2) is 54.6 Å². The van der Waals surface area contributed by atoms with E-state index < -0.39 is 5.92 Å². The SMILES string of the molecule is CC(C)(C)NC(=O)c1ccccc1NC(=O)C1CC(=O)N(c2ccccc2)C1. The molecule has 2 aromatic rings. The number of nitrogens with one attached hydrogen (secondary N) is 2. The Morgan fingerprint density at radius 3 is 2.32 bits per heavy atom. The average molecular weight is 379 g/mol. The summed E-state index contributed by atoms with van der Waals surface area (Å²) in [7, 11) is 0. The van der Waals surface area contributed by atoms with E-state index in [1.165, 1.54) is 0 Å². The summed E-state index contributed by atoms with van der Waals surface area (Å²) in [6.45, 7) is 6.02. The summed E-state index contributed by atoms with van der Waals surface area (Å²) in [5.74, 6) is -1.06. The van der Waals surface area contributed by atoms with Crippen molar-refractivity contribution in [2.24, 2.45) is 5.92 Å². The second-order valence-corrected chi connectivity index (χ2v) is 7.98. The Bertz CT molecular complexity index is 887. The zero-order valence-corrected chi connectivity index (χ0v) is 16.4. The maximum Gasteiger partial charge on any atom is 0.253 e. The van der Waals surface area contributed by atoms with Crippen molar-refractivity contribution in [1.29, 1.82) is 0 Å². The Balaban J connectivity index is 1.72. The molecule has 3 rings (SSSR count). The van der Waals surface area contributed by atoms with Crippen molar-refractivity contribution in [2.45, 2.75) is 32.7 Å². The van der Waals surface area contributed by atoms with Crippen LogP contribution in [0.5, 0.6) is 0 Å². The zero-order valence-electron chi connectivity index (χ0n) is 16.4. The van der Waals surface area contributed by atoms with Gasteiger partial charge in [0.15, 0.2) is 0 Å². The Hall–Kier alpha value is -3.15. The van der Waals surface area contributed by atoms with Gasteiger partial charge in [-0.25, -0.2) is 0 Å². The molecule has 146 valence electrons. The molecule has 1 aliphatic heterocycles. The second kappa shape index (κ2) is 7.84. The lowest BCUT2D eigenvalue weighted by Crippen LogP contribution is -2.41. The minimum Gasteiger partial charge on any atom is -0.347 e. The van der Waals surface area contributed by atoms with Gasteiger partial charge in [0.1, 0.15) is 0 Å². The van der Waals surface area contributed by atoms with Gasteiger partial charge >= 0.3 is 0 Å². The molecule has 0 spiro atoms. The number of anilines is 2. The summed E-state index contributed by atoms with van der Waals surface area (Å²) < 4.78 is 0. The molecule has 3 amide bonds. The van der Waals surface area contributed by atoms with Gasteiger partial charge in [-0.3, -0.25) is 14.4 Å². The topological polar surface area (TPSA) is 78.5 Å². The van der Waals surface area contributed by atoms with Crippen LogP contribution in [0.2, 0.25) is 0 Å². The zero-order chi connectivity index (χ0) is 20.3. The highest BCUT2D eigenvalue weighted by Gasteiger charge is 2.35. The summed E-state index contributed by atoms with van der Waals surface area (Å²) in [4.78, 5) is 39.3. The third-order valence-corrected chi connectivity index (χ3v) is 4.48. The number of nitrogens with zero attached hydrogens (tertiary/aromatic N) is 1. The summed E-state index contributed by atoms with van der Waals surface area (Å²) in [6, 6.07) is 16.2. The first-order valence-corrected chi connectivity index (χ1v) is 9.32. The molecular weight excluding hydrogens is 354 g/mol. The highest BCUT2D eigenvalue weighted by Crippen LogP contribution is 2.26. The van der Waals surface area contributed by atoms with Gasteiger partial charge < -0.3 is 15.5 Å². The first-order chi connectivity index (χ1) is 13.2. The number of amides is 3. The fraction of sp³-hybridized carbons (Fsp3) is 0.318. The van der Waals surface area contributed by atoms with Crippen molar-refractivity contribution in [3.63, 3.8) is 0 Å². The molecule has 1 aliphatic rings. The molecule has 28 heavy (non-hydrogen) atoms. The normalized spacial score (nSPS) is 16.8. The smallest absolute Gasteiger partial charge is 0.253 e. The monoisotopic (exact) mass is 379 g/mol. The summed E-state index contributed by atoms with van der Waals surface area (Å²) in [5, 5.41) is 5.73. The third kappa shape index (κ3) is 4.57. The maximum absolute atomic E-state index is 12.8. The molecule has 1 atom stereocenters. The van der Waals surface area contributed by atoms with Crippen molar-refractivity contribution < 1.29 is 14.4 Å². The number of hydrogen-bond acceptors (Lipinski definition) is 3. The average Bonchev–Trinajstić information content (AvgIpc) is 3.03. The Morgan fingerprint density at radius 2 is 1.64 bits per heavy atom. The molecule has 0 aromatic heterocycles. The van der Waals surface area contributed by atoms with Crippen LogP contribution in [0.3, 0.4) is 0 Å². The molecular formula is C22H25N3O3. The van der Waals surface area contributed by atoms with Crippen LogP contribution in [0.1, 0.15) is 37.6 Å². The van der Waals surface area contributed by atoms with E-state index in [9.17, 15) is 14.4 Å². The van der Waals surface area contributed by atoms with Crippen molar-refractivity contribution in [1.82, 2.24) is 5.32 Å². The van der Waals surface area contributed by atoms with Crippen molar-refractivity contribution in [2.75, 3.05) is 16.8 Å². The minimum absolute atomic E-state index is 0.0786. The van der Waals surface area contributed by atoms with Gasteiger partial charge in [0, 0.05) is 24.2 Å². The van der Waals surface area contributed by atoms with E-state index in [2.05, 4.69) is 10.6 Å². The molecule has 1 saturated heterocycles. The van der Waals surface area contributed by atoms with Crippen LogP contribution in [0.4, 0.5) is 11.4 Å². The van der Waals surface area contributed by atoms with Crippen LogP contribution < -0.4 is 15.5 Å². The molecule has 6 nitrogen and oxygen atoms in total. The van der Waals surface area contributed by atoms with Gasteiger partial charge in [-0.2, -0.15) is 0 Å². The fourth-order valence-electron chi connectivity index (χ4n) is 3.17. The summed E-state index contributed by atoms with van der Waals surface area (Å²) in [5.41, 5.74) is 1.24. The lowest BCUT2D eigenvalue weighted by atomic mass is 10.1. The van der Waals surface area contributed by atoms with Gasteiger partial charge in [0.2, 0.25) is 11.8 Å². The second-order valence-electron chi connectivity index (χ2n) is 7.98. The van der Waals surface area contributed by atoms with Crippen molar-refractivity contribution in [3.05, 3.63) is 60.2 Å². The summed E-state index contributed by atoms with van der Waals surface area (Å²) in [6.07, 6.45) is 0.150. The number of carbonyl (C=O) groups excluding carboxylic acids is 3. The number of hydrogen-bond donors (Lipinski definition) is 2. The molecule has 2 N–H and O–H groups in total. The van der Waals surface area contributed by atoms with E-state index in [4.69, 9.17) is 0 Å². The Morgan fingerprint density at radius 1 is 1.00 bits per heavy atom. The molecule has 1 unspecified atom stereocenters. The molecule has 1 heterocycles. The number of para-hydroxylation sites is 2. The first kappa shape index (κ1) is 19.6. The number of benzene rings is 2. The van der Waals surface area contributed by atoms with Gasteiger partial charge in [-0.1, -0.05) is 30.3 Å². The molecule has 2 aromatic carbocycles. The van der Waals surface area contributed by atoms with Crippen LogP contribution in [0, 0.1) is 5.92 Å². The number of carbonyl (C=O) groups is 3. The molecule has 0 aliphatic carbocycles. The van der Waals surface area contributed by atoms with E-state index in [0.717, 1.165) is 5.69 Å². The van der Waals surface area contributed by atoms with E-state index in [1.807, 2.05) is 51.1 Å². The Labute approximate surface area is 164 Å². The van der Waals surface area contributed by atoms with Gasteiger partial charge in [0.25, 0.3) is 5.91 Å². The molecule has 0 saturated carbocycles. The summed E-state index contributed by atoms with van der Waals surface area (Å²) >= 11 is 0. The first-order valence-electron chi connectivity index (χ1n) is 9.32. The highest BCUT2D eigenvalue weighted by molar-refractivity contribution is 6.07. The lowest BCUT2D eigenvalue weighted by molar-refractivity contribution is -0.122. The van der Waals surface area contributed by atoms with Gasteiger partial charge in [-0.15, -0.1) is 0 Å². The molecule has 0 radical (unpaired) electrons. The standard InChI is InChI=1S/C22H25N3O3/c1-22(2,3)24-21(28)17-11-7-8-12-18(17)23-20(27)15-13-19(26)25(14-15)16-9-5-4-6-10-16/h4-12,15H,13-14H2,1-3H3,(H,23,27)(H,24,28). The lowest BCUT2D eigenvalue weighted by Gasteiger charge is -2.22. The molecule has 6 heteroatoms. The van der Waals surface area contributed by atoms with Crippen LogP contribution in [0.25, 0.3) is 0 Å². The van der Waals surface area contributed by atoms with Crippen LogP contribution in [-0.4, -0.2) is 29.8 Å². The predicted octanol–water partition coefficient (Wildman–Crippen LogP) is 3.21. The van der Waals surface area contributed by atoms with Crippen LogP contribution >= 0.6 is 0 Å². The van der Waals surface area contributed by atoms with Crippen LogP contribution in [-0.2, 0) is 9.59 Å². The minimum atomic E-state index is -0.466. The largest absolute Gasteiger partial charge is 0.347 e. The third-order valence-electron chi connectivity index (χ3n) is 4.48. The van der Waals surface area contributed by atoms with E-state index in [-0.39, 0.29) is 29.7 Å². The molecule has 0 bridgehead atoms. The van der Waals surface area contributed by atoms with E-state index >= 15 is 0 Å². The molecule has 1 fully saturated rings. The van der Waals surface area contributed by atoms with Crippen molar-refractivity contribution >= 4 is 29.1 Å². The van der Waals surface area contributed by atoms with Gasteiger partial charge in [0.05, 0.1) is 17.2 Å². The highest BCUT2D eigenvalue weighted by atomic mass is 16.2. The number of rotatable bonds is 4.